The van der Waals surface area contributed by atoms with Gasteiger partial charge in [-0.25, -0.2) is 9.50 Å². The lowest BCUT2D eigenvalue weighted by atomic mass is 10.3. The summed E-state index contributed by atoms with van der Waals surface area (Å²) in [6.07, 6.45) is -0.695. The zero-order chi connectivity index (χ0) is 18.0. The number of ether oxygens (including phenoxy) is 1. The number of hydrogen-bond donors (Lipinski definition) is 1. The molecule has 1 aromatic carbocycles. The number of halogens is 2. The van der Waals surface area contributed by atoms with Crippen LogP contribution < -0.4 is 4.74 Å². The van der Waals surface area contributed by atoms with E-state index in [0.717, 1.165) is 11.4 Å². The van der Waals surface area contributed by atoms with Crippen molar-refractivity contribution in [3.05, 3.63) is 45.7 Å². The van der Waals surface area contributed by atoms with Crippen molar-refractivity contribution in [2.24, 2.45) is 0 Å². The lowest BCUT2D eigenvalue weighted by Crippen LogP contribution is -2.20. The molecule has 6 nitrogen and oxygen atoms in total. The number of aromatic nitrogens is 4. The molecule has 2 heterocycles. The highest BCUT2D eigenvalue weighted by Crippen LogP contribution is 2.27. The molecule has 0 aliphatic heterocycles. The third-order valence-electron chi connectivity index (χ3n) is 3.33. The smallest absolute Gasteiger partial charge is 0.253 e. The van der Waals surface area contributed by atoms with Gasteiger partial charge in [-0.2, -0.15) is 4.98 Å². The van der Waals surface area contributed by atoms with E-state index in [1.807, 2.05) is 19.9 Å². The highest BCUT2D eigenvalue weighted by atomic mass is 35.5. The second kappa shape index (κ2) is 7.78. The molecular formula is C16H16Cl2N4O2S. The predicted octanol–water partition coefficient (Wildman–Crippen LogP) is 3.58. The van der Waals surface area contributed by atoms with E-state index in [2.05, 4.69) is 15.1 Å². The van der Waals surface area contributed by atoms with E-state index < -0.39 is 6.10 Å². The van der Waals surface area contributed by atoms with Crippen LogP contribution in [0, 0.1) is 13.8 Å². The molecule has 0 fully saturated rings. The van der Waals surface area contributed by atoms with Gasteiger partial charge in [-0.15, -0.1) is 5.10 Å². The zero-order valence-electron chi connectivity index (χ0n) is 13.6. The van der Waals surface area contributed by atoms with E-state index in [0.29, 0.717) is 32.5 Å². The predicted molar refractivity (Wildman–Crippen MR) is 98.9 cm³/mol. The maximum Gasteiger partial charge on any atom is 0.253 e. The molecule has 0 saturated carbocycles. The van der Waals surface area contributed by atoms with Gasteiger partial charge in [-0.05, 0) is 38.1 Å². The van der Waals surface area contributed by atoms with Gasteiger partial charge in [-0.3, -0.25) is 0 Å². The molecule has 0 aliphatic carbocycles. The van der Waals surface area contributed by atoms with Crippen LogP contribution in [0.25, 0.3) is 5.78 Å². The molecule has 0 amide bonds. The van der Waals surface area contributed by atoms with E-state index >= 15 is 0 Å². The number of nitrogens with zero attached hydrogens (tertiary/aromatic N) is 4. The average Bonchev–Trinajstić information content (AvgIpc) is 2.95. The Morgan fingerprint density at radius 3 is 2.80 bits per heavy atom. The van der Waals surface area contributed by atoms with Crippen molar-refractivity contribution in [3.8, 4) is 5.75 Å². The van der Waals surface area contributed by atoms with Gasteiger partial charge in [0.05, 0.1) is 11.1 Å². The van der Waals surface area contributed by atoms with E-state index in [4.69, 9.17) is 27.9 Å². The van der Waals surface area contributed by atoms with E-state index in [9.17, 15) is 5.11 Å². The van der Waals surface area contributed by atoms with Crippen molar-refractivity contribution in [2.45, 2.75) is 25.1 Å². The summed E-state index contributed by atoms with van der Waals surface area (Å²) >= 11 is 13.2. The maximum atomic E-state index is 10.1. The third-order valence-corrected chi connectivity index (χ3v) is 4.84. The second-order valence-corrected chi connectivity index (χ2v) is 7.33. The molecular weight excluding hydrogens is 383 g/mol. The molecule has 132 valence electrons. The second-order valence-electron chi connectivity index (χ2n) is 5.50. The van der Waals surface area contributed by atoms with Crippen LogP contribution in [0.2, 0.25) is 10.0 Å². The minimum atomic E-state index is -0.695. The molecule has 0 bridgehead atoms. The fraction of sp³-hybridized carbons (Fsp3) is 0.312. The lowest BCUT2D eigenvalue weighted by molar-refractivity contribution is 0.126. The van der Waals surface area contributed by atoms with Crippen LogP contribution in [-0.4, -0.2) is 43.2 Å². The molecule has 0 aliphatic rings. The summed E-state index contributed by atoms with van der Waals surface area (Å²) < 4.78 is 7.21. The summed E-state index contributed by atoms with van der Waals surface area (Å²) in [5, 5.41) is 16.0. The quantitative estimate of drug-likeness (QED) is 0.639. The van der Waals surface area contributed by atoms with Crippen molar-refractivity contribution < 1.29 is 9.84 Å². The molecule has 25 heavy (non-hydrogen) atoms. The molecule has 0 spiro atoms. The maximum absolute atomic E-state index is 10.1. The van der Waals surface area contributed by atoms with Crippen LogP contribution in [0.15, 0.2) is 29.4 Å². The van der Waals surface area contributed by atoms with Crippen molar-refractivity contribution >= 4 is 40.7 Å². The van der Waals surface area contributed by atoms with Gasteiger partial charge in [0.25, 0.3) is 5.78 Å². The van der Waals surface area contributed by atoms with Crippen LogP contribution in [0.4, 0.5) is 0 Å². The van der Waals surface area contributed by atoms with Crippen LogP contribution in [-0.2, 0) is 0 Å². The standard InChI is InChI=1S/C16H16Cl2N4O2S/c1-9-5-10(2)22-15(19-9)20-16(21-22)25-8-12(23)7-24-14-4-3-11(17)6-13(14)18/h3-6,12,23H,7-8H2,1-2H3. The normalized spacial score (nSPS) is 12.5. The first kappa shape index (κ1) is 18.3. The summed E-state index contributed by atoms with van der Waals surface area (Å²) in [6.45, 7) is 3.97. The summed E-state index contributed by atoms with van der Waals surface area (Å²) in [4.78, 5) is 8.70. The molecule has 1 atom stereocenters. The Labute approximate surface area is 159 Å². The van der Waals surface area contributed by atoms with Crippen molar-refractivity contribution in [1.82, 2.24) is 19.6 Å². The molecule has 2 aromatic heterocycles. The van der Waals surface area contributed by atoms with Gasteiger partial charge in [0.1, 0.15) is 12.4 Å². The zero-order valence-corrected chi connectivity index (χ0v) is 15.9. The Morgan fingerprint density at radius 1 is 1.24 bits per heavy atom. The van der Waals surface area contributed by atoms with Crippen molar-refractivity contribution in [3.63, 3.8) is 0 Å². The molecule has 0 saturated heterocycles. The molecule has 3 rings (SSSR count). The fourth-order valence-corrected chi connectivity index (χ4v) is 3.39. The van der Waals surface area contributed by atoms with Crippen molar-refractivity contribution in [2.75, 3.05) is 12.4 Å². The molecule has 1 N–H and O–H groups in total. The number of aliphatic hydroxyl groups excluding tert-OH is 1. The monoisotopic (exact) mass is 398 g/mol. The summed E-state index contributed by atoms with van der Waals surface area (Å²) in [5.74, 6) is 1.43. The minimum absolute atomic E-state index is 0.109. The number of benzene rings is 1. The van der Waals surface area contributed by atoms with Gasteiger partial charge in [-0.1, -0.05) is 35.0 Å². The number of rotatable bonds is 6. The first-order valence-electron chi connectivity index (χ1n) is 7.52. The first-order valence-corrected chi connectivity index (χ1v) is 9.26. The number of aryl methyl sites for hydroxylation is 2. The fourth-order valence-electron chi connectivity index (χ4n) is 2.21. The van der Waals surface area contributed by atoms with Crippen LogP contribution in [0.5, 0.6) is 5.75 Å². The minimum Gasteiger partial charge on any atom is -0.489 e. The Morgan fingerprint density at radius 2 is 2.04 bits per heavy atom. The Bertz CT molecular complexity index is 903. The van der Waals surface area contributed by atoms with Gasteiger partial charge in [0.2, 0.25) is 5.16 Å². The van der Waals surface area contributed by atoms with Gasteiger partial charge in [0.15, 0.2) is 0 Å². The highest BCUT2D eigenvalue weighted by Gasteiger charge is 2.12. The Balaban J connectivity index is 1.57. The number of thioether (sulfide) groups is 1. The van der Waals surface area contributed by atoms with Gasteiger partial charge in [0, 0.05) is 22.2 Å². The van der Waals surface area contributed by atoms with E-state index in [-0.39, 0.29) is 6.61 Å². The van der Waals surface area contributed by atoms with E-state index in [1.54, 1.807) is 22.7 Å². The summed E-state index contributed by atoms with van der Waals surface area (Å²) in [6, 6.07) is 6.89. The van der Waals surface area contributed by atoms with Gasteiger partial charge >= 0.3 is 0 Å². The molecule has 1 unspecified atom stereocenters. The third kappa shape index (κ3) is 4.55. The Kier molecular flexibility index (Phi) is 5.68. The molecule has 3 aromatic rings. The largest absolute Gasteiger partial charge is 0.489 e. The Hall–Kier alpha value is -1.54. The van der Waals surface area contributed by atoms with Crippen LogP contribution >= 0.6 is 35.0 Å². The van der Waals surface area contributed by atoms with Gasteiger partial charge < -0.3 is 9.84 Å². The number of aliphatic hydroxyl groups is 1. The summed E-state index contributed by atoms with van der Waals surface area (Å²) in [5.41, 5.74) is 1.85. The summed E-state index contributed by atoms with van der Waals surface area (Å²) in [7, 11) is 0. The first-order chi connectivity index (χ1) is 11.9. The number of hydrogen-bond acceptors (Lipinski definition) is 6. The van der Waals surface area contributed by atoms with Crippen LogP contribution in [0.3, 0.4) is 0 Å². The lowest BCUT2D eigenvalue weighted by Gasteiger charge is -2.12. The topological polar surface area (TPSA) is 72.5 Å². The highest BCUT2D eigenvalue weighted by molar-refractivity contribution is 7.99. The SMILES string of the molecule is Cc1cc(C)n2nc(SCC(O)COc3ccc(Cl)cc3Cl)nc2n1. The molecule has 0 radical (unpaired) electrons. The number of fused-ring (bicyclic) bond motifs is 1. The molecule has 9 heteroatoms. The average molecular weight is 399 g/mol. The van der Waals surface area contributed by atoms with Crippen LogP contribution in [0.1, 0.15) is 11.4 Å². The van der Waals surface area contributed by atoms with E-state index in [1.165, 1.54) is 11.8 Å². The van der Waals surface area contributed by atoms with Crippen molar-refractivity contribution in [1.29, 1.82) is 0 Å².